The molecule has 0 aliphatic heterocycles. The van der Waals surface area contributed by atoms with Crippen molar-refractivity contribution in [3.8, 4) is 5.75 Å². The van der Waals surface area contributed by atoms with E-state index in [2.05, 4.69) is 30.6 Å². The highest BCUT2D eigenvalue weighted by atomic mass is 32.2. The first-order chi connectivity index (χ1) is 9.33. The first kappa shape index (κ1) is 14.0. The molecule has 0 aliphatic rings. The number of ether oxygens (including phenoxy) is 1. The zero-order chi connectivity index (χ0) is 13.5. The summed E-state index contributed by atoms with van der Waals surface area (Å²) < 4.78 is 11.2. The summed E-state index contributed by atoms with van der Waals surface area (Å²) in [6.07, 6.45) is 3.77. The number of nitrogens with one attached hydrogen (secondary N) is 1. The molecule has 2 rings (SSSR count). The topological polar surface area (TPSA) is 34.4 Å². The van der Waals surface area contributed by atoms with Gasteiger partial charge in [-0.2, -0.15) is 0 Å². The third kappa shape index (κ3) is 4.04. The van der Waals surface area contributed by atoms with Crippen molar-refractivity contribution >= 4 is 11.8 Å². The number of furan rings is 1. The standard InChI is InChI=1S/C15H19NO2S/c1-3-16-10-15-12(8-9-17-15)11-18-13-4-6-14(19-2)7-5-13/h4-9,16H,3,10-11H2,1-2H3. The Bertz CT molecular complexity index is 493. The molecule has 0 saturated carbocycles. The van der Waals surface area contributed by atoms with E-state index in [1.54, 1.807) is 18.0 Å². The van der Waals surface area contributed by atoms with Crippen LogP contribution in [0.15, 0.2) is 45.9 Å². The van der Waals surface area contributed by atoms with Crippen molar-refractivity contribution in [1.82, 2.24) is 5.32 Å². The molecule has 1 N–H and O–H groups in total. The van der Waals surface area contributed by atoms with E-state index in [1.165, 1.54) is 4.90 Å². The molecule has 1 aromatic carbocycles. The number of thioether (sulfide) groups is 1. The second-order valence-electron chi connectivity index (χ2n) is 4.11. The molecule has 19 heavy (non-hydrogen) atoms. The summed E-state index contributed by atoms with van der Waals surface area (Å²) in [5.74, 6) is 1.83. The van der Waals surface area contributed by atoms with Crippen LogP contribution < -0.4 is 10.1 Å². The van der Waals surface area contributed by atoms with Crippen molar-refractivity contribution in [3.05, 3.63) is 47.9 Å². The van der Waals surface area contributed by atoms with Gasteiger partial charge in [-0.25, -0.2) is 0 Å². The van der Waals surface area contributed by atoms with Crippen LogP contribution >= 0.6 is 11.8 Å². The molecule has 0 saturated heterocycles. The normalized spacial score (nSPS) is 10.6. The van der Waals surface area contributed by atoms with Crippen molar-refractivity contribution in [2.24, 2.45) is 0 Å². The van der Waals surface area contributed by atoms with Gasteiger partial charge >= 0.3 is 0 Å². The lowest BCUT2D eigenvalue weighted by atomic mass is 10.2. The summed E-state index contributed by atoms with van der Waals surface area (Å²) in [4.78, 5) is 1.24. The van der Waals surface area contributed by atoms with Crippen molar-refractivity contribution < 1.29 is 9.15 Å². The van der Waals surface area contributed by atoms with Gasteiger partial charge in [-0.3, -0.25) is 0 Å². The second kappa shape index (κ2) is 7.26. The Kier molecular flexibility index (Phi) is 5.36. The van der Waals surface area contributed by atoms with Crippen LogP contribution in [0.3, 0.4) is 0 Å². The van der Waals surface area contributed by atoms with Gasteiger partial charge in [0, 0.05) is 10.5 Å². The monoisotopic (exact) mass is 277 g/mol. The molecule has 3 nitrogen and oxygen atoms in total. The van der Waals surface area contributed by atoms with Crippen LogP contribution in [-0.4, -0.2) is 12.8 Å². The van der Waals surface area contributed by atoms with Crippen LogP contribution in [0.2, 0.25) is 0 Å². The van der Waals surface area contributed by atoms with Gasteiger partial charge in [0.15, 0.2) is 0 Å². The molecule has 0 aliphatic carbocycles. The van der Waals surface area contributed by atoms with Gasteiger partial charge < -0.3 is 14.5 Å². The molecule has 0 radical (unpaired) electrons. The Morgan fingerprint density at radius 1 is 1.21 bits per heavy atom. The highest BCUT2D eigenvalue weighted by Crippen LogP contribution is 2.20. The van der Waals surface area contributed by atoms with Crippen LogP contribution in [0, 0.1) is 0 Å². The predicted molar refractivity (Wildman–Crippen MR) is 78.6 cm³/mol. The second-order valence-corrected chi connectivity index (χ2v) is 4.99. The molecule has 1 heterocycles. The van der Waals surface area contributed by atoms with Gasteiger partial charge in [-0.05, 0) is 43.1 Å². The van der Waals surface area contributed by atoms with Gasteiger partial charge in [0.25, 0.3) is 0 Å². The number of benzene rings is 1. The van der Waals surface area contributed by atoms with Crippen molar-refractivity contribution in [3.63, 3.8) is 0 Å². The average molecular weight is 277 g/mol. The van der Waals surface area contributed by atoms with Gasteiger partial charge in [0.2, 0.25) is 0 Å². The van der Waals surface area contributed by atoms with Gasteiger partial charge in [0.05, 0.1) is 12.8 Å². The molecule has 1 aromatic heterocycles. The lowest BCUT2D eigenvalue weighted by Gasteiger charge is -2.07. The Morgan fingerprint density at radius 2 is 2.00 bits per heavy atom. The van der Waals surface area contributed by atoms with Crippen LogP contribution in [0.4, 0.5) is 0 Å². The number of hydrogen-bond donors (Lipinski definition) is 1. The first-order valence-corrected chi connectivity index (χ1v) is 7.58. The van der Waals surface area contributed by atoms with E-state index in [0.717, 1.165) is 30.2 Å². The number of rotatable bonds is 7. The molecular formula is C15H19NO2S. The van der Waals surface area contributed by atoms with Crippen molar-refractivity contribution in [2.75, 3.05) is 12.8 Å². The van der Waals surface area contributed by atoms with E-state index in [-0.39, 0.29) is 0 Å². The molecule has 4 heteroatoms. The van der Waals surface area contributed by atoms with E-state index < -0.39 is 0 Å². The van der Waals surface area contributed by atoms with Crippen molar-refractivity contribution in [2.45, 2.75) is 25.0 Å². The van der Waals surface area contributed by atoms with E-state index in [0.29, 0.717) is 6.61 Å². The minimum Gasteiger partial charge on any atom is -0.489 e. The number of hydrogen-bond acceptors (Lipinski definition) is 4. The zero-order valence-electron chi connectivity index (χ0n) is 11.3. The Balaban J connectivity index is 1.92. The minimum absolute atomic E-state index is 0.538. The maximum Gasteiger partial charge on any atom is 0.124 e. The minimum atomic E-state index is 0.538. The quantitative estimate of drug-likeness (QED) is 0.783. The van der Waals surface area contributed by atoms with Gasteiger partial charge in [0.1, 0.15) is 18.1 Å². The van der Waals surface area contributed by atoms with Gasteiger partial charge in [-0.1, -0.05) is 6.92 Å². The first-order valence-electron chi connectivity index (χ1n) is 6.36. The maximum absolute atomic E-state index is 5.77. The zero-order valence-corrected chi connectivity index (χ0v) is 12.1. The highest BCUT2D eigenvalue weighted by molar-refractivity contribution is 7.98. The lowest BCUT2D eigenvalue weighted by Crippen LogP contribution is -2.12. The molecule has 0 fully saturated rings. The van der Waals surface area contributed by atoms with Crippen molar-refractivity contribution in [1.29, 1.82) is 0 Å². The molecule has 0 spiro atoms. The third-order valence-electron chi connectivity index (χ3n) is 2.83. The Hall–Kier alpha value is -1.39. The summed E-state index contributed by atoms with van der Waals surface area (Å²) in [6, 6.07) is 10.1. The SMILES string of the molecule is CCNCc1occc1COc1ccc(SC)cc1. The average Bonchev–Trinajstić information content (AvgIpc) is 2.91. The van der Waals surface area contributed by atoms with E-state index in [4.69, 9.17) is 9.15 Å². The fourth-order valence-corrected chi connectivity index (χ4v) is 2.13. The molecule has 0 unspecified atom stereocenters. The summed E-state index contributed by atoms with van der Waals surface area (Å²) in [5.41, 5.74) is 1.09. The van der Waals surface area contributed by atoms with E-state index in [9.17, 15) is 0 Å². The third-order valence-corrected chi connectivity index (χ3v) is 3.57. The smallest absolute Gasteiger partial charge is 0.124 e. The van der Waals surface area contributed by atoms with Gasteiger partial charge in [-0.15, -0.1) is 11.8 Å². The largest absolute Gasteiger partial charge is 0.489 e. The molecule has 0 bridgehead atoms. The predicted octanol–water partition coefficient (Wildman–Crippen LogP) is 3.69. The summed E-state index contributed by atoms with van der Waals surface area (Å²) >= 11 is 1.73. The fourth-order valence-electron chi connectivity index (χ4n) is 1.72. The highest BCUT2D eigenvalue weighted by Gasteiger charge is 2.06. The Morgan fingerprint density at radius 3 is 2.68 bits per heavy atom. The van der Waals surface area contributed by atoms with Crippen LogP contribution in [-0.2, 0) is 13.2 Å². The lowest BCUT2D eigenvalue weighted by molar-refractivity contribution is 0.301. The molecule has 2 aromatic rings. The van der Waals surface area contributed by atoms with E-state index in [1.807, 2.05) is 18.2 Å². The fraction of sp³-hybridized carbons (Fsp3) is 0.333. The van der Waals surface area contributed by atoms with Crippen LogP contribution in [0.5, 0.6) is 5.75 Å². The molecule has 0 amide bonds. The summed E-state index contributed by atoms with van der Waals surface area (Å²) in [7, 11) is 0. The molecular weight excluding hydrogens is 258 g/mol. The van der Waals surface area contributed by atoms with Crippen LogP contribution in [0.1, 0.15) is 18.2 Å². The Labute approximate surface area is 118 Å². The molecule has 0 atom stereocenters. The van der Waals surface area contributed by atoms with Crippen LogP contribution in [0.25, 0.3) is 0 Å². The summed E-state index contributed by atoms with van der Waals surface area (Å²) in [6.45, 7) is 4.28. The van der Waals surface area contributed by atoms with E-state index >= 15 is 0 Å². The summed E-state index contributed by atoms with van der Waals surface area (Å²) in [5, 5.41) is 3.25. The molecule has 102 valence electrons. The maximum atomic E-state index is 5.77.